The summed E-state index contributed by atoms with van der Waals surface area (Å²) < 4.78 is 1.76. The van der Waals surface area contributed by atoms with Crippen molar-refractivity contribution in [2.24, 2.45) is 0 Å². The molecule has 2 heterocycles. The number of nitrogens with zero attached hydrogens (tertiary/aromatic N) is 5. The van der Waals surface area contributed by atoms with Crippen molar-refractivity contribution in [2.45, 2.75) is 19.5 Å². The van der Waals surface area contributed by atoms with Crippen molar-refractivity contribution < 1.29 is 0 Å². The second-order valence-corrected chi connectivity index (χ2v) is 5.34. The van der Waals surface area contributed by atoms with Crippen LogP contribution in [0.5, 0.6) is 0 Å². The number of hydrogen-bond donors (Lipinski definition) is 0. The number of benzene rings is 1. The van der Waals surface area contributed by atoms with Gasteiger partial charge < -0.3 is 0 Å². The van der Waals surface area contributed by atoms with Gasteiger partial charge in [0.05, 0.1) is 11.4 Å². The Morgan fingerprint density at radius 2 is 1.95 bits per heavy atom. The van der Waals surface area contributed by atoms with E-state index in [-0.39, 0.29) is 0 Å². The summed E-state index contributed by atoms with van der Waals surface area (Å²) >= 11 is 0. The van der Waals surface area contributed by atoms with E-state index in [0.29, 0.717) is 6.04 Å². The maximum absolute atomic E-state index is 4.38. The Morgan fingerprint density at radius 3 is 2.59 bits per heavy atom. The Morgan fingerprint density at radius 1 is 1.14 bits per heavy atom. The first-order valence-electron chi connectivity index (χ1n) is 7.29. The molecule has 0 aliphatic heterocycles. The topological polar surface area (TPSA) is 46.8 Å². The van der Waals surface area contributed by atoms with E-state index in [4.69, 9.17) is 0 Å². The monoisotopic (exact) mass is 293 g/mol. The molecule has 3 aromatic rings. The molecule has 5 nitrogen and oxygen atoms in total. The van der Waals surface area contributed by atoms with Crippen LogP contribution >= 0.6 is 0 Å². The second-order valence-electron chi connectivity index (χ2n) is 5.34. The molecule has 1 atom stereocenters. The molecule has 0 spiro atoms. The van der Waals surface area contributed by atoms with Gasteiger partial charge in [0.15, 0.2) is 0 Å². The summed E-state index contributed by atoms with van der Waals surface area (Å²) in [7, 11) is 2.12. The SMILES string of the molecule is C[C@H](c1ccc(-n2cncn2)cc1)N(C)Cc1ccccn1. The molecule has 0 saturated heterocycles. The molecule has 5 heteroatoms. The standard InChI is InChI=1S/C17H19N5/c1-14(21(2)11-16-5-3-4-10-19-16)15-6-8-17(9-7-15)22-13-18-12-20-22/h3-10,12-14H,11H2,1-2H3/t14-/m1/s1. The van der Waals surface area contributed by atoms with Gasteiger partial charge in [-0.15, -0.1) is 0 Å². The fraction of sp³-hybridized carbons (Fsp3) is 0.235. The Bertz CT molecular complexity index is 692. The van der Waals surface area contributed by atoms with Crippen LogP contribution in [-0.4, -0.2) is 31.7 Å². The summed E-state index contributed by atoms with van der Waals surface area (Å²) in [5, 5.41) is 4.14. The van der Waals surface area contributed by atoms with Crippen LogP contribution in [-0.2, 0) is 6.54 Å². The number of pyridine rings is 1. The molecular formula is C17H19N5. The third kappa shape index (κ3) is 3.20. The van der Waals surface area contributed by atoms with Crippen LogP contribution in [0.1, 0.15) is 24.2 Å². The Labute approximate surface area is 130 Å². The lowest BCUT2D eigenvalue weighted by Gasteiger charge is -2.24. The summed E-state index contributed by atoms with van der Waals surface area (Å²) in [5.74, 6) is 0. The molecule has 3 rings (SSSR count). The normalized spacial score (nSPS) is 12.5. The van der Waals surface area contributed by atoms with E-state index in [2.05, 4.69) is 64.3 Å². The van der Waals surface area contributed by atoms with Gasteiger partial charge in [0.1, 0.15) is 12.7 Å². The van der Waals surface area contributed by atoms with Gasteiger partial charge in [0.2, 0.25) is 0 Å². The minimum absolute atomic E-state index is 0.312. The molecule has 1 aromatic carbocycles. The zero-order valence-electron chi connectivity index (χ0n) is 12.8. The van der Waals surface area contributed by atoms with Gasteiger partial charge in [-0.05, 0) is 43.8 Å². The average molecular weight is 293 g/mol. The van der Waals surface area contributed by atoms with Crippen LogP contribution in [0.4, 0.5) is 0 Å². The van der Waals surface area contributed by atoms with Crippen molar-refractivity contribution in [1.29, 1.82) is 0 Å². The Hall–Kier alpha value is -2.53. The van der Waals surface area contributed by atoms with E-state index in [1.807, 2.05) is 18.3 Å². The van der Waals surface area contributed by atoms with Gasteiger partial charge in [0, 0.05) is 18.8 Å². The molecule has 0 fully saturated rings. The second kappa shape index (κ2) is 6.49. The molecule has 0 aliphatic carbocycles. The molecule has 0 unspecified atom stereocenters. The van der Waals surface area contributed by atoms with Gasteiger partial charge in [0.25, 0.3) is 0 Å². The molecule has 0 N–H and O–H groups in total. The van der Waals surface area contributed by atoms with Crippen molar-refractivity contribution in [3.8, 4) is 5.69 Å². The molecule has 0 saturated carbocycles. The third-order valence-electron chi connectivity index (χ3n) is 3.86. The van der Waals surface area contributed by atoms with E-state index >= 15 is 0 Å². The summed E-state index contributed by atoms with van der Waals surface area (Å²) in [6, 6.07) is 14.7. The molecule has 0 amide bonds. The van der Waals surface area contributed by atoms with Gasteiger partial charge >= 0.3 is 0 Å². The predicted molar refractivity (Wildman–Crippen MR) is 85.5 cm³/mol. The van der Waals surface area contributed by atoms with Crippen molar-refractivity contribution >= 4 is 0 Å². The van der Waals surface area contributed by atoms with Crippen LogP contribution in [0.3, 0.4) is 0 Å². The maximum Gasteiger partial charge on any atom is 0.138 e. The van der Waals surface area contributed by atoms with Gasteiger partial charge in [-0.25, -0.2) is 9.67 Å². The lowest BCUT2D eigenvalue weighted by molar-refractivity contribution is 0.250. The van der Waals surface area contributed by atoms with Gasteiger partial charge in [-0.2, -0.15) is 5.10 Å². The summed E-state index contributed by atoms with van der Waals surface area (Å²) in [6.45, 7) is 3.03. The number of rotatable bonds is 5. The highest BCUT2D eigenvalue weighted by Crippen LogP contribution is 2.21. The van der Waals surface area contributed by atoms with Crippen LogP contribution in [0.2, 0.25) is 0 Å². The molecule has 0 radical (unpaired) electrons. The first kappa shape index (κ1) is 14.4. The molecule has 0 aliphatic rings. The van der Waals surface area contributed by atoms with Crippen LogP contribution in [0.15, 0.2) is 61.3 Å². The Kier molecular flexibility index (Phi) is 4.25. The fourth-order valence-electron chi connectivity index (χ4n) is 2.39. The van der Waals surface area contributed by atoms with Crippen molar-refractivity contribution in [3.63, 3.8) is 0 Å². The van der Waals surface area contributed by atoms with Crippen molar-refractivity contribution in [3.05, 3.63) is 72.6 Å². The highest BCUT2D eigenvalue weighted by molar-refractivity contribution is 5.34. The number of aromatic nitrogens is 4. The average Bonchev–Trinajstić information content (AvgIpc) is 3.10. The third-order valence-corrected chi connectivity index (χ3v) is 3.86. The number of hydrogen-bond acceptors (Lipinski definition) is 4. The Balaban J connectivity index is 1.70. The largest absolute Gasteiger partial charge is 0.294 e. The van der Waals surface area contributed by atoms with Crippen molar-refractivity contribution in [2.75, 3.05) is 7.05 Å². The summed E-state index contributed by atoms with van der Waals surface area (Å²) in [6.07, 6.45) is 5.07. The highest BCUT2D eigenvalue weighted by Gasteiger charge is 2.12. The lowest BCUT2D eigenvalue weighted by atomic mass is 10.1. The molecule has 2 aromatic heterocycles. The zero-order valence-corrected chi connectivity index (χ0v) is 12.8. The smallest absolute Gasteiger partial charge is 0.138 e. The van der Waals surface area contributed by atoms with E-state index in [9.17, 15) is 0 Å². The van der Waals surface area contributed by atoms with Crippen LogP contribution in [0, 0.1) is 0 Å². The first-order chi connectivity index (χ1) is 10.7. The van der Waals surface area contributed by atoms with Crippen molar-refractivity contribution in [1.82, 2.24) is 24.6 Å². The van der Waals surface area contributed by atoms with E-state index in [0.717, 1.165) is 17.9 Å². The molecule has 22 heavy (non-hydrogen) atoms. The zero-order chi connectivity index (χ0) is 15.4. The summed E-state index contributed by atoms with van der Waals surface area (Å²) in [5.41, 5.74) is 3.36. The highest BCUT2D eigenvalue weighted by atomic mass is 15.3. The minimum Gasteiger partial charge on any atom is -0.294 e. The molecular weight excluding hydrogens is 274 g/mol. The lowest BCUT2D eigenvalue weighted by Crippen LogP contribution is -2.22. The van der Waals surface area contributed by atoms with Crippen LogP contribution in [0.25, 0.3) is 5.69 Å². The van der Waals surface area contributed by atoms with E-state index < -0.39 is 0 Å². The fourth-order valence-corrected chi connectivity index (χ4v) is 2.39. The minimum atomic E-state index is 0.312. The van der Waals surface area contributed by atoms with E-state index in [1.54, 1.807) is 11.0 Å². The van der Waals surface area contributed by atoms with Gasteiger partial charge in [-0.1, -0.05) is 18.2 Å². The summed E-state index contributed by atoms with van der Waals surface area (Å²) in [4.78, 5) is 10.6. The predicted octanol–water partition coefficient (Wildman–Crippen LogP) is 2.86. The maximum atomic E-state index is 4.38. The molecule has 112 valence electrons. The van der Waals surface area contributed by atoms with Crippen LogP contribution < -0.4 is 0 Å². The quantitative estimate of drug-likeness (QED) is 0.725. The van der Waals surface area contributed by atoms with Gasteiger partial charge in [-0.3, -0.25) is 9.88 Å². The molecule has 0 bridgehead atoms. The van der Waals surface area contributed by atoms with E-state index in [1.165, 1.54) is 11.9 Å². The first-order valence-corrected chi connectivity index (χ1v) is 7.29.